The van der Waals surface area contributed by atoms with E-state index in [4.69, 9.17) is 0 Å². The van der Waals surface area contributed by atoms with Gasteiger partial charge in [0.25, 0.3) is 0 Å². The number of piperidine rings is 1. The highest BCUT2D eigenvalue weighted by molar-refractivity contribution is 5.92. The second kappa shape index (κ2) is 6.06. The third-order valence-corrected chi connectivity index (χ3v) is 6.23. The summed E-state index contributed by atoms with van der Waals surface area (Å²) < 4.78 is 0. The molecule has 0 aromatic heterocycles. The SMILES string of the molecule is CC12CNN=C1CCN(CC(=O)N1CCN(C3CCC3)CC1)C2. The van der Waals surface area contributed by atoms with E-state index in [-0.39, 0.29) is 5.41 Å². The Hall–Kier alpha value is -1.14. The van der Waals surface area contributed by atoms with E-state index in [1.54, 1.807) is 0 Å². The second-order valence-corrected chi connectivity index (χ2v) is 7.92. The van der Waals surface area contributed by atoms with E-state index < -0.39 is 0 Å². The summed E-state index contributed by atoms with van der Waals surface area (Å²) in [6, 6.07) is 0.807. The highest BCUT2D eigenvalue weighted by Crippen LogP contribution is 2.29. The number of nitrogens with zero attached hydrogens (tertiary/aromatic N) is 4. The number of nitrogens with one attached hydrogen (secondary N) is 1. The summed E-state index contributed by atoms with van der Waals surface area (Å²) in [4.78, 5) is 19.6. The van der Waals surface area contributed by atoms with E-state index in [9.17, 15) is 4.79 Å². The van der Waals surface area contributed by atoms with Crippen LogP contribution in [0.15, 0.2) is 5.10 Å². The Morgan fingerprint density at radius 1 is 1.26 bits per heavy atom. The molecule has 0 aromatic carbocycles. The number of carbonyl (C=O) groups is 1. The first-order chi connectivity index (χ1) is 11.1. The molecule has 1 amide bonds. The summed E-state index contributed by atoms with van der Waals surface area (Å²) >= 11 is 0. The normalized spacial score (nSPS) is 32.9. The van der Waals surface area contributed by atoms with Gasteiger partial charge in [0, 0.05) is 69.4 Å². The van der Waals surface area contributed by atoms with Gasteiger partial charge in [-0.05, 0) is 12.8 Å². The molecule has 4 rings (SSSR count). The second-order valence-electron chi connectivity index (χ2n) is 7.92. The van der Waals surface area contributed by atoms with Gasteiger partial charge in [0.1, 0.15) is 0 Å². The van der Waals surface area contributed by atoms with Crippen LogP contribution in [0.5, 0.6) is 0 Å². The average molecular weight is 319 g/mol. The molecule has 6 heteroatoms. The molecule has 6 nitrogen and oxygen atoms in total. The quantitative estimate of drug-likeness (QED) is 0.816. The zero-order valence-electron chi connectivity index (χ0n) is 14.3. The van der Waals surface area contributed by atoms with Gasteiger partial charge in [-0.15, -0.1) is 0 Å². The molecule has 4 aliphatic rings. The van der Waals surface area contributed by atoms with Crippen molar-refractivity contribution in [2.24, 2.45) is 10.5 Å². The molecule has 128 valence electrons. The molecule has 0 aromatic rings. The van der Waals surface area contributed by atoms with Crippen LogP contribution in [0.1, 0.15) is 32.6 Å². The average Bonchev–Trinajstić information content (AvgIpc) is 2.86. The molecule has 3 aliphatic heterocycles. The molecule has 23 heavy (non-hydrogen) atoms. The van der Waals surface area contributed by atoms with Crippen LogP contribution >= 0.6 is 0 Å². The van der Waals surface area contributed by atoms with Crippen molar-refractivity contribution in [3.05, 3.63) is 0 Å². The number of hydrogen-bond donors (Lipinski definition) is 1. The summed E-state index contributed by atoms with van der Waals surface area (Å²) in [5.74, 6) is 0.313. The molecule has 0 bridgehead atoms. The molecular formula is C17H29N5O. The first-order valence-electron chi connectivity index (χ1n) is 9.18. The zero-order valence-corrected chi connectivity index (χ0v) is 14.3. The number of piperazine rings is 1. The number of hydrazone groups is 1. The van der Waals surface area contributed by atoms with Crippen LogP contribution in [0.3, 0.4) is 0 Å². The number of carbonyl (C=O) groups excluding carboxylic acids is 1. The molecule has 0 radical (unpaired) electrons. The molecule has 1 aliphatic carbocycles. The van der Waals surface area contributed by atoms with E-state index in [0.717, 1.165) is 58.3 Å². The Bertz CT molecular complexity index is 495. The lowest BCUT2D eigenvalue weighted by atomic mass is 9.81. The van der Waals surface area contributed by atoms with Crippen molar-refractivity contribution in [3.8, 4) is 0 Å². The lowest BCUT2D eigenvalue weighted by Gasteiger charge is -2.43. The smallest absolute Gasteiger partial charge is 0.236 e. The maximum atomic E-state index is 12.6. The summed E-state index contributed by atoms with van der Waals surface area (Å²) in [5, 5.41) is 4.41. The molecule has 1 saturated carbocycles. The molecule has 1 unspecified atom stereocenters. The fourth-order valence-electron chi connectivity index (χ4n) is 4.40. The minimum Gasteiger partial charge on any atom is -0.339 e. The summed E-state index contributed by atoms with van der Waals surface area (Å²) in [6.07, 6.45) is 5.10. The van der Waals surface area contributed by atoms with E-state index in [2.05, 4.69) is 32.2 Å². The van der Waals surface area contributed by atoms with Crippen LogP contribution in [0.25, 0.3) is 0 Å². The zero-order chi connectivity index (χ0) is 15.9. The van der Waals surface area contributed by atoms with Gasteiger partial charge in [-0.25, -0.2) is 0 Å². The van der Waals surface area contributed by atoms with Gasteiger partial charge in [0.2, 0.25) is 5.91 Å². The molecule has 3 fully saturated rings. The van der Waals surface area contributed by atoms with Crippen molar-refractivity contribution in [1.82, 2.24) is 20.1 Å². The number of amides is 1. The Balaban J connectivity index is 1.26. The molecule has 0 spiro atoms. The minimum atomic E-state index is 0.126. The van der Waals surface area contributed by atoms with Crippen molar-refractivity contribution in [1.29, 1.82) is 0 Å². The van der Waals surface area contributed by atoms with Crippen LogP contribution < -0.4 is 5.43 Å². The van der Waals surface area contributed by atoms with Gasteiger partial charge in [0.05, 0.1) is 6.54 Å². The van der Waals surface area contributed by atoms with Gasteiger partial charge in [-0.2, -0.15) is 5.10 Å². The minimum absolute atomic E-state index is 0.126. The lowest BCUT2D eigenvalue weighted by Crippen LogP contribution is -2.56. The van der Waals surface area contributed by atoms with E-state index in [0.29, 0.717) is 12.5 Å². The Labute approximate surface area is 138 Å². The van der Waals surface area contributed by atoms with Crippen LogP contribution in [0.2, 0.25) is 0 Å². The summed E-state index contributed by atoms with van der Waals surface area (Å²) in [5.41, 5.74) is 4.54. The predicted molar refractivity (Wildman–Crippen MR) is 90.4 cm³/mol. The van der Waals surface area contributed by atoms with Crippen molar-refractivity contribution < 1.29 is 4.79 Å². The van der Waals surface area contributed by atoms with Crippen LogP contribution in [0.4, 0.5) is 0 Å². The van der Waals surface area contributed by atoms with Crippen LogP contribution in [-0.4, -0.2) is 84.7 Å². The van der Waals surface area contributed by atoms with Gasteiger partial charge in [-0.1, -0.05) is 13.3 Å². The monoisotopic (exact) mass is 319 g/mol. The topological polar surface area (TPSA) is 51.2 Å². The van der Waals surface area contributed by atoms with E-state index in [1.807, 2.05) is 0 Å². The van der Waals surface area contributed by atoms with Crippen molar-refractivity contribution in [2.75, 3.05) is 52.4 Å². The van der Waals surface area contributed by atoms with Crippen molar-refractivity contribution in [3.63, 3.8) is 0 Å². The molecule has 1 N–H and O–H groups in total. The van der Waals surface area contributed by atoms with Gasteiger partial charge in [-0.3, -0.25) is 14.6 Å². The fraction of sp³-hybridized carbons (Fsp3) is 0.882. The standard InChI is InChI=1S/C17H29N5O/c1-17-12-18-19-15(17)5-6-20(13-17)11-16(23)22-9-7-21(8-10-22)14-3-2-4-14/h14,18H,2-13H2,1H3. The van der Waals surface area contributed by atoms with Crippen LogP contribution in [-0.2, 0) is 4.79 Å². The molecule has 3 heterocycles. The Morgan fingerprint density at radius 2 is 2.04 bits per heavy atom. The fourth-order valence-corrected chi connectivity index (χ4v) is 4.40. The Kier molecular flexibility index (Phi) is 4.05. The third kappa shape index (κ3) is 2.98. The molecular weight excluding hydrogens is 290 g/mol. The molecule has 2 saturated heterocycles. The maximum absolute atomic E-state index is 12.6. The largest absolute Gasteiger partial charge is 0.339 e. The number of rotatable bonds is 3. The first-order valence-corrected chi connectivity index (χ1v) is 9.18. The van der Waals surface area contributed by atoms with Crippen LogP contribution in [0, 0.1) is 5.41 Å². The highest BCUT2D eigenvalue weighted by atomic mass is 16.2. The maximum Gasteiger partial charge on any atom is 0.236 e. The van der Waals surface area contributed by atoms with Gasteiger partial charge >= 0.3 is 0 Å². The predicted octanol–water partition coefficient (Wildman–Crippen LogP) is 0.354. The summed E-state index contributed by atoms with van der Waals surface area (Å²) in [6.45, 7) is 9.61. The van der Waals surface area contributed by atoms with Crippen molar-refractivity contribution in [2.45, 2.75) is 38.6 Å². The Morgan fingerprint density at radius 3 is 2.74 bits per heavy atom. The molecule has 1 atom stereocenters. The third-order valence-electron chi connectivity index (χ3n) is 6.23. The van der Waals surface area contributed by atoms with E-state index in [1.165, 1.54) is 25.0 Å². The number of likely N-dealkylation sites (tertiary alicyclic amines) is 1. The van der Waals surface area contributed by atoms with E-state index >= 15 is 0 Å². The first kappa shape index (κ1) is 15.4. The number of fused-ring (bicyclic) bond motifs is 1. The van der Waals surface area contributed by atoms with Gasteiger partial charge in [0.15, 0.2) is 0 Å². The highest BCUT2D eigenvalue weighted by Gasteiger charge is 2.40. The number of hydrogen-bond acceptors (Lipinski definition) is 5. The lowest BCUT2D eigenvalue weighted by molar-refractivity contribution is -0.135. The summed E-state index contributed by atoms with van der Waals surface area (Å²) in [7, 11) is 0. The van der Waals surface area contributed by atoms with Gasteiger partial charge < -0.3 is 10.3 Å². The van der Waals surface area contributed by atoms with Crippen molar-refractivity contribution >= 4 is 11.6 Å².